The number of rotatable bonds is 6. The average molecular weight is 246 g/mol. The second kappa shape index (κ2) is 7.07. The Morgan fingerprint density at radius 1 is 1.44 bits per heavy atom. The number of methoxy groups -OCH3 is 1. The zero-order valence-corrected chi connectivity index (χ0v) is 10.5. The number of hydrogen-bond donors (Lipinski definition) is 0. The van der Waals surface area contributed by atoms with Gasteiger partial charge in [0.25, 0.3) is 0 Å². The fourth-order valence-corrected chi connectivity index (χ4v) is 2.36. The van der Waals surface area contributed by atoms with Crippen molar-refractivity contribution in [2.75, 3.05) is 26.8 Å². The molecule has 3 nitrogen and oxygen atoms in total. The summed E-state index contributed by atoms with van der Waals surface area (Å²) < 4.78 is 10.9. The van der Waals surface area contributed by atoms with Gasteiger partial charge >= 0.3 is 0 Å². The molecule has 16 heavy (non-hydrogen) atoms. The second-order valence-corrected chi connectivity index (χ2v) is 4.36. The van der Waals surface area contributed by atoms with E-state index in [9.17, 15) is 0 Å². The summed E-state index contributed by atoms with van der Waals surface area (Å²) in [4.78, 5) is 2.17. The highest BCUT2D eigenvalue weighted by Crippen LogP contribution is 2.25. The average Bonchev–Trinajstić information content (AvgIpc) is 2.28. The van der Waals surface area contributed by atoms with Crippen LogP contribution < -0.4 is 0 Å². The first kappa shape index (κ1) is 13.7. The normalized spacial score (nSPS) is 30.3. The molecule has 3 unspecified atom stereocenters. The molecule has 0 aliphatic carbocycles. The lowest BCUT2D eigenvalue weighted by atomic mass is 10.1. The summed E-state index contributed by atoms with van der Waals surface area (Å²) in [5.41, 5.74) is 0. The molecular weight excluding hydrogens is 226 g/mol. The maximum atomic E-state index is 6.35. The molecule has 4 heteroatoms. The van der Waals surface area contributed by atoms with Crippen LogP contribution in [0.3, 0.4) is 0 Å². The molecule has 0 aromatic rings. The van der Waals surface area contributed by atoms with Crippen LogP contribution in [0, 0.1) is 0 Å². The monoisotopic (exact) mass is 245 g/mol. The predicted molar refractivity (Wildman–Crippen MR) is 66.8 cm³/mol. The highest BCUT2D eigenvalue weighted by molar-refractivity contribution is 6.21. The third-order valence-electron chi connectivity index (χ3n) is 2.71. The first-order valence-corrected chi connectivity index (χ1v) is 5.92. The van der Waals surface area contributed by atoms with Gasteiger partial charge in [0.1, 0.15) is 0 Å². The number of halogens is 1. The molecule has 0 spiro atoms. The van der Waals surface area contributed by atoms with Gasteiger partial charge in [-0.2, -0.15) is 0 Å². The van der Waals surface area contributed by atoms with Crippen molar-refractivity contribution in [2.45, 2.75) is 24.1 Å². The molecule has 1 heterocycles. The first-order valence-electron chi connectivity index (χ1n) is 5.49. The van der Waals surface area contributed by atoms with E-state index < -0.39 is 0 Å². The zero-order valence-electron chi connectivity index (χ0n) is 9.77. The summed E-state index contributed by atoms with van der Waals surface area (Å²) in [7, 11) is 1.65. The lowest BCUT2D eigenvalue weighted by Crippen LogP contribution is -2.54. The van der Waals surface area contributed by atoms with E-state index in [-0.39, 0.29) is 17.7 Å². The van der Waals surface area contributed by atoms with Gasteiger partial charge in [0.15, 0.2) is 6.29 Å². The van der Waals surface area contributed by atoms with Crippen molar-refractivity contribution < 1.29 is 9.47 Å². The molecule has 1 aliphatic heterocycles. The maximum Gasteiger partial charge on any atom is 0.174 e. The van der Waals surface area contributed by atoms with E-state index >= 15 is 0 Å². The molecule has 0 aromatic heterocycles. The minimum atomic E-state index is -0.267. The van der Waals surface area contributed by atoms with Crippen LogP contribution in [0.25, 0.3) is 0 Å². The van der Waals surface area contributed by atoms with E-state index in [0.717, 1.165) is 19.5 Å². The molecule has 0 aromatic carbocycles. The fourth-order valence-electron chi connectivity index (χ4n) is 1.99. The molecule has 0 amide bonds. The van der Waals surface area contributed by atoms with Gasteiger partial charge < -0.3 is 9.47 Å². The van der Waals surface area contributed by atoms with Crippen molar-refractivity contribution in [3.8, 4) is 0 Å². The second-order valence-electron chi connectivity index (χ2n) is 3.80. The van der Waals surface area contributed by atoms with Crippen molar-refractivity contribution in [2.24, 2.45) is 0 Å². The summed E-state index contributed by atoms with van der Waals surface area (Å²) in [6, 6.07) is 0.0522. The first-order chi connectivity index (χ1) is 7.74. The van der Waals surface area contributed by atoms with Gasteiger partial charge in [-0.3, -0.25) is 4.90 Å². The molecule has 1 rings (SSSR count). The van der Waals surface area contributed by atoms with E-state index in [1.165, 1.54) is 0 Å². The van der Waals surface area contributed by atoms with Crippen LogP contribution in [0.15, 0.2) is 25.3 Å². The fraction of sp³-hybridized carbons (Fsp3) is 0.667. The highest BCUT2D eigenvalue weighted by Gasteiger charge is 2.36. The van der Waals surface area contributed by atoms with Gasteiger partial charge in [-0.25, -0.2) is 0 Å². The van der Waals surface area contributed by atoms with Crippen LogP contribution >= 0.6 is 11.6 Å². The van der Waals surface area contributed by atoms with Crippen molar-refractivity contribution in [1.29, 1.82) is 0 Å². The van der Waals surface area contributed by atoms with Crippen LogP contribution in [0.1, 0.15) is 6.42 Å². The highest BCUT2D eigenvalue weighted by atomic mass is 35.5. The summed E-state index contributed by atoms with van der Waals surface area (Å²) in [5.74, 6) is 0. The Kier molecular flexibility index (Phi) is 6.06. The molecule has 0 bridgehead atoms. The van der Waals surface area contributed by atoms with E-state index in [4.69, 9.17) is 21.1 Å². The zero-order chi connectivity index (χ0) is 12.0. The van der Waals surface area contributed by atoms with Crippen LogP contribution in [0.4, 0.5) is 0 Å². The van der Waals surface area contributed by atoms with Crippen LogP contribution in [0.5, 0.6) is 0 Å². The minimum Gasteiger partial charge on any atom is -0.354 e. The van der Waals surface area contributed by atoms with Gasteiger partial charge in [0.05, 0.1) is 18.0 Å². The summed E-state index contributed by atoms with van der Waals surface area (Å²) in [5, 5.41) is 0.0404. The summed E-state index contributed by atoms with van der Waals surface area (Å²) in [6.45, 7) is 9.66. The van der Waals surface area contributed by atoms with E-state index in [1.54, 1.807) is 7.11 Å². The molecule has 1 fully saturated rings. The lowest BCUT2D eigenvalue weighted by molar-refractivity contribution is -0.181. The van der Waals surface area contributed by atoms with Crippen LogP contribution in [-0.4, -0.2) is 49.4 Å². The van der Waals surface area contributed by atoms with Crippen LogP contribution in [-0.2, 0) is 9.47 Å². The number of nitrogens with zero attached hydrogens (tertiary/aromatic N) is 1. The quantitative estimate of drug-likeness (QED) is 0.528. The largest absolute Gasteiger partial charge is 0.354 e. The van der Waals surface area contributed by atoms with Crippen molar-refractivity contribution in [3.63, 3.8) is 0 Å². The molecule has 0 N–H and O–H groups in total. The molecule has 92 valence electrons. The molecule has 0 saturated carbocycles. The van der Waals surface area contributed by atoms with Gasteiger partial charge in [-0.1, -0.05) is 12.2 Å². The van der Waals surface area contributed by atoms with E-state index in [1.807, 2.05) is 12.2 Å². The Labute approximate surface area is 103 Å². The predicted octanol–water partition coefficient (Wildman–Crippen LogP) is 2.03. The number of alkyl halides is 1. The molecular formula is C12H20ClNO2. The third-order valence-corrected chi connectivity index (χ3v) is 3.18. The Hall–Kier alpha value is -0.350. The van der Waals surface area contributed by atoms with E-state index in [2.05, 4.69) is 18.1 Å². The lowest BCUT2D eigenvalue weighted by Gasteiger charge is -2.40. The van der Waals surface area contributed by atoms with Crippen LogP contribution in [0.2, 0.25) is 0 Å². The van der Waals surface area contributed by atoms with Gasteiger partial charge in [0, 0.05) is 20.2 Å². The Morgan fingerprint density at radius 3 is 2.56 bits per heavy atom. The Balaban J connectivity index is 2.74. The van der Waals surface area contributed by atoms with Crippen molar-refractivity contribution >= 4 is 11.6 Å². The SMILES string of the molecule is C=CCN(CC=C)C1C(Cl)CCOC1OC. The van der Waals surface area contributed by atoms with Crippen molar-refractivity contribution in [1.82, 2.24) is 4.90 Å². The minimum absolute atomic E-state index is 0.0404. The molecule has 1 aliphatic rings. The van der Waals surface area contributed by atoms with Gasteiger partial charge in [-0.15, -0.1) is 24.8 Å². The summed E-state index contributed by atoms with van der Waals surface area (Å²) >= 11 is 6.35. The smallest absolute Gasteiger partial charge is 0.174 e. The summed E-state index contributed by atoms with van der Waals surface area (Å²) in [6.07, 6.45) is 4.29. The number of hydrogen-bond acceptors (Lipinski definition) is 3. The van der Waals surface area contributed by atoms with E-state index in [0.29, 0.717) is 6.61 Å². The van der Waals surface area contributed by atoms with Gasteiger partial charge in [-0.05, 0) is 6.42 Å². The topological polar surface area (TPSA) is 21.7 Å². The third kappa shape index (κ3) is 3.32. The Morgan fingerprint density at radius 2 is 2.06 bits per heavy atom. The van der Waals surface area contributed by atoms with Crippen molar-refractivity contribution in [3.05, 3.63) is 25.3 Å². The number of ether oxygens (including phenoxy) is 2. The molecule has 1 saturated heterocycles. The molecule has 0 radical (unpaired) electrons. The standard InChI is InChI=1S/C12H20ClNO2/c1-4-7-14(8-5-2)11-10(13)6-9-16-12(11)15-3/h4-5,10-12H,1-2,6-9H2,3H3. The molecule has 3 atom stereocenters. The Bertz CT molecular complexity index is 225. The maximum absolute atomic E-state index is 6.35. The van der Waals surface area contributed by atoms with Gasteiger partial charge in [0.2, 0.25) is 0 Å².